The van der Waals surface area contributed by atoms with Crippen molar-refractivity contribution in [3.05, 3.63) is 24.0 Å². The Morgan fingerprint density at radius 2 is 2.10 bits per heavy atom. The van der Waals surface area contributed by atoms with Crippen molar-refractivity contribution in [2.24, 2.45) is 7.05 Å². The zero-order valence-corrected chi connectivity index (χ0v) is 10.5. The summed E-state index contributed by atoms with van der Waals surface area (Å²) in [6, 6.07) is 1.24. The highest BCUT2D eigenvalue weighted by atomic mass is 19.4. The Labute approximate surface area is 112 Å². The molecule has 0 unspecified atom stereocenters. The number of rotatable bonds is 4. The van der Waals surface area contributed by atoms with E-state index in [0.29, 0.717) is 18.8 Å². The monoisotopic (exact) mass is 287 g/mol. The molecule has 0 saturated heterocycles. The van der Waals surface area contributed by atoms with E-state index in [1.54, 1.807) is 18.1 Å². The summed E-state index contributed by atoms with van der Waals surface area (Å²) in [7, 11) is 1.73. The number of nitrogens with zero attached hydrogens (tertiary/aromatic N) is 5. The highest BCUT2D eigenvalue weighted by Gasteiger charge is 2.35. The van der Waals surface area contributed by atoms with E-state index in [1.807, 2.05) is 0 Å². The molecule has 0 fully saturated rings. The summed E-state index contributed by atoms with van der Waals surface area (Å²) in [6.45, 7) is 0.331. The first kappa shape index (κ1) is 14.0. The van der Waals surface area contributed by atoms with Gasteiger partial charge in [0, 0.05) is 26.1 Å². The molecule has 2 rings (SSSR count). The molecule has 0 spiro atoms. The van der Waals surface area contributed by atoms with Crippen LogP contribution in [-0.4, -0.2) is 31.3 Å². The molecule has 2 heterocycles. The van der Waals surface area contributed by atoms with Gasteiger partial charge in [0.2, 0.25) is 5.82 Å². The lowest BCUT2D eigenvalue weighted by molar-refractivity contribution is -0.144. The molecule has 0 radical (unpaired) electrons. The van der Waals surface area contributed by atoms with Gasteiger partial charge in [0.25, 0.3) is 0 Å². The fourth-order valence-electron chi connectivity index (χ4n) is 1.48. The minimum absolute atomic E-state index is 0.0146. The Balaban J connectivity index is 2.00. The molecule has 2 aromatic rings. The number of anilines is 2. The third-order valence-corrected chi connectivity index (χ3v) is 2.30. The molecule has 10 heteroatoms. The number of nitrogens with two attached hydrogens (primary N) is 1. The molecular weight excluding hydrogens is 275 g/mol. The zero-order valence-electron chi connectivity index (χ0n) is 10.5. The lowest BCUT2D eigenvalue weighted by Crippen LogP contribution is -2.15. The van der Waals surface area contributed by atoms with Gasteiger partial charge < -0.3 is 11.1 Å². The minimum Gasteiger partial charge on any atom is -0.384 e. The van der Waals surface area contributed by atoms with E-state index in [9.17, 15) is 13.2 Å². The third kappa shape index (κ3) is 3.56. The van der Waals surface area contributed by atoms with Gasteiger partial charge >= 0.3 is 6.18 Å². The molecule has 2 aromatic heterocycles. The summed E-state index contributed by atoms with van der Waals surface area (Å²) < 4.78 is 39.1. The smallest absolute Gasteiger partial charge is 0.384 e. The predicted octanol–water partition coefficient (Wildman–Crippen LogP) is 0.861. The Morgan fingerprint density at radius 3 is 2.70 bits per heavy atom. The van der Waals surface area contributed by atoms with E-state index in [1.165, 1.54) is 6.07 Å². The number of aromatic nitrogens is 5. The number of aryl methyl sites for hydroxylation is 1. The fraction of sp³-hybridized carbons (Fsp3) is 0.400. The van der Waals surface area contributed by atoms with Gasteiger partial charge in [-0.05, 0) is 0 Å². The molecule has 0 aliphatic carbocycles. The highest BCUT2D eigenvalue weighted by molar-refractivity contribution is 5.44. The van der Waals surface area contributed by atoms with Crippen molar-refractivity contribution in [1.29, 1.82) is 0 Å². The maximum atomic E-state index is 12.5. The van der Waals surface area contributed by atoms with Gasteiger partial charge in [0.05, 0.1) is 0 Å². The third-order valence-electron chi connectivity index (χ3n) is 2.30. The average molecular weight is 287 g/mol. The summed E-state index contributed by atoms with van der Waals surface area (Å²) in [5, 5.41) is 6.78. The maximum Gasteiger partial charge on any atom is 0.451 e. The normalized spacial score (nSPS) is 11.6. The minimum atomic E-state index is -4.63. The number of hydrogen-bond donors (Lipinski definition) is 2. The molecule has 0 bridgehead atoms. The van der Waals surface area contributed by atoms with Crippen LogP contribution in [0.15, 0.2) is 12.4 Å². The van der Waals surface area contributed by atoms with Crippen molar-refractivity contribution in [1.82, 2.24) is 24.7 Å². The summed E-state index contributed by atoms with van der Waals surface area (Å²) in [4.78, 5) is 10.5. The van der Waals surface area contributed by atoms with Crippen LogP contribution in [0.1, 0.15) is 11.6 Å². The van der Waals surface area contributed by atoms with Crippen LogP contribution in [0.4, 0.5) is 24.8 Å². The fourth-order valence-corrected chi connectivity index (χ4v) is 1.48. The van der Waals surface area contributed by atoms with E-state index >= 15 is 0 Å². The second-order valence-electron chi connectivity index (χ2n) is 4.01. The molecular formula is C10H12F3N7. The van der Waals surface area contributed by atoms with Crippen molar-refractivity contribution in [2.45, 2.75) is 12.6 Å². The largest absolute Gasteiger partial charge is 0.451 e. The summed E-state index contributed by atoms with van der Waals surface area (Å²) in [6.07, 6.45) is -2.64. The van der Waals surface area contributed by atoms with Gasteiger partial charge in [-0.15, -0.1) is 0 Å². The van der Waals surface area contributed by atoms with Crippen molar-refractivity contribution in [3.63, 3.8) is 0 Å². The first-order chi connectivity index (χ1) is 9.34. The van der Waals surface area contributed by atoms with Crippen molar-refractivity contribution in [3.8, 4) is 0 Å². The lowest BCUT2D eigenvalue weighted by atomic mass is 10.4. The molecule has 7 nitrogen and oxygen atoms in total. The number of alkyl halides is 3. The van der Waals surface area contributed by atoms with Crippen molar-refractivity contribution < 1.29 is 13.2 Å². The second-order valence-corrected chi connectivity index (χ2v) is 4.01. The second kappa shape index (κ2) is 5.31. The molecule has 20 heavy (non-hydrogen) atoms. The Morgan fingerprint density at radius 1 is 1.35 bits per heavy atom. The van der Waals surface area contributed by atoms with Gasteiger partial charge in [0.1, 0.15) is 18.0 Å². The molecule has 0 saturated carbocycles. The van der Waals surface area contributed by atoms with Crippen LogP contribution in [-0.2, 0) is 19.6 Å². The SMILES string of the molecule is Cn1cnc(CCNc2cc(N)nc(C(F)(F)F)n2)n1. The van der Waals surface area contributed by atoms with Crippen LogP contribution in [0.3, 0.4) is 0 Å². The number of hydrogen-bond acceptors (Lipinski definition) is 6. The van der Waals surface area contributed by atoms with E-state index in [0.717, 1.165) is 0 Å². The van der Waals surface area contributed by atoms with Crippen LogP contribution in [0.5, 0.6) is 0 Å². The average Bonchev–Trinajstić information content (AvgIpc) is 2.73. The number of halogens is 3. The van der Waals surface area contributed by atoms with Gasteiger partial charge in [0.15, 0.2) is 5.82 Å². The number of nitrogen functional groups attached to an aromatic ring is 1. The van der Waals surface area contributed by atoms with Crippen molar-refractivity contribution >= 4 is 11.6 Å². The summed E-state index contributed by atoms with van der Waals surface area (Å²) in [5.41, 5.74) is 5.32. The lowest BCUT2D eigenvalue weighted by Gasteiger charge is -2.09. The first-order valence-corrected chi connectivity index (χ1v) is 5.65. The number of nitrogens with one attached hydrogen (secondary N) is 1. The van der Waals surface area contributed by atoms with E-state index in [2.05, 4.69) is 25.4 Å². The summed E-state index contributed by atoms with van der Waals surface area (Å²) >= 11 is 0. The topological polar surface area (TPSA) is 94.5 Å². The molecule has 108 valence electrons. The van der Waals surface area contributed by atoms with Crippen LogP contribution in [0.2, 0.25) is 0 Å². The Bertz CT molecular complexity index is 593. The summed E-state index contributed by atoms with van der Waals surface area (Å²) in [5.74, 6) is -0.916. The van der Waals surface area contributed by atoms with Crippen LogP contribution in [0.25, 0.3) is 0 Å². The maximum absolute atomic E-state index is 12.5. The molecule has 0 aliphatic rings. The van der Waals surface area contributed by atoms with E-state index in [4.69, 9.17) is 5.73 Å². The van der Waals surface area contributed by atoms with Gasteiger partial charge in [-0.25, -0.2) is 15.0 Å². The Kier molecular flexibility index (Phi) is 3.72. The highest BCUT2D eigenvalue weighted by Crippen LogP contribution is 2.27. The van der Waals surface area contributed by atoms with E-state index in [-0.39, 0.29) is 11.6 Å². The van der Waals surface area contributed by atoms with Gasteiger partial charge in [-0.1, -0.05) is 0 Å². The predicted molar refractivity (Wildman–Crippen MR) is 64.6 cm³/mol. The van der Waals surface area contributed by atoms with Gasteiger partial charge in [-0.3, -0.25) is 4.68 Å². The molecule has 0 aromatic carbocycles. The van der Waals surface area contributed by atoms with Crippen LogP contribution in [0, 0.1) is 0 Å². The molecule has 0 amide bonds. The van der Waals surface area contributed by atoms with Crippen LogP contribution < -0.4 is 11.1 Å². The molecule has 0 atom stereocenters. The first-order valence-electron chi connectivity index (χ1n) is 5.65. The Hall–Kier alpha value is -2.39. The quantitative estimate of drug-likeness (QED) is 0.866. The zero-order chi connectivity index (χ0) is 14.8. The van der Waals surface area contributed by atoms with E-state index < -0.39 is 12.0 Å². The molecule has 0 aliphatic heterocycles. The standard InChI is InChI=1S/C10H12F3N7/c1-20-5-16-7(19-20)2-3-15-8-4-6(14)17-9(18-8)10(11,12)13/h4-5H,2-3H2,1H3,(H3,14,15,17,18). The van der Waals surface area contributed by atoms with Gasteiger partial charge in [-0.2, -0.15) is 18.3 Å². The van der Waals surface area contributed by atoms with Crippen LogP contribution >= 0.6 is 0 Å². The van der Waals surface area contributed by atoms with Crippen molar-refractivity contribution in [2.75, 3.05) is 17.6 Å². The molecule has 3 N–H and O–H groups in total.